The van der Waals surface area contributed by atoms with Crippen LogP contribution in [0.2, 0.25) is 0 Å². The van der Waals surface area contributed by atoms with Crippen LogP contribution in [0.5, 0.6) is 0 Å². The average Bonchev–Trinajstić information content (AvgIpc) is 3.05. The lowest BCUT2D eigenvalue weighted by molar-refractivity contribution is 0.656. The van der Waals surface area contributed by atoms with E-state index in [-0.39, 0.29) is 5.41 Å². The highest BCUT2D eigenvalue weighted by atomic mass is 14.8. The van der Waals surface area contributed by atoms with E-state index < -0.39 is 0 Å². The fourth-order valence-electron chi connectivity index (χ4n) is 6.11. The van der Waals surface area contributed by atoms with Crippen molar-refractivity contribution in [2.75, 3.05) is 7.05 Å². The Bertz CT molecular complexity index is 1840. The van der Waals surface area contributed by atoms with Crippen LogP contribution in [0.15, 0.2) is 156 Å². The monoisotopic (exact) mass is 558 g/mol. The summed E-state index contributed by atoms with van der Waals surface area (Å²) in [5, 5.41) is 6.07. The molecule has 1 aliphatic heterocycles. The first-order valence-corrected chi connectivity index (χ1v) is 15.1. The standard InChI is InChI=1S/C41H38N2/c1-4-11-34(28-37-26-27-43-37)30-18-20-33(21-19-30)40(42-3)29-41(2,35-14-6-5-7-15-35)36-24-22-32(23-25-36)39-17-10-13-31-12-8-9-16-38(31)39/h4-6,8-14,16-29,42H,7,15H2,1-3H3/b11-4-,34-28+,40-29-. The minimum atomic E-state index is -0.274. The molecule has 0 fully saturated rings. The Morgan fingerprint density at radius 1 is 0.860 bits per heavy atom. The van der Waals surface area contributed by atoms with Crippen molar-refractivity contribution in [1.29, 1.82) is 0 Å². The van der Waals surface area contributed by atoms with E-state index in [1.165, 1.54) is 38.6 Å². The third-order valence-electron chi connectivity index (χ3n) is 8.62. The fraction of sp³-hybridized carbons (Fsp3) is 0.146. The molecule has 1 unspecified atom stereocenters. The van der Waals surface area contributed by atoms with Crippen molar-refractivity contribution < 1.29 is 0 Å². The Morgan fingerprint density at radius 2 is 1.60 bits per heavy atom. The van der Waals surface area contributed by atoms with Crippen LogP contribution in [0.1, 0.15) is 43.4 Å². The molecular formula is C41H38N2. The molecule has 212 valence electrons. The minimum absolute atomic E-state index is 0.274. The molecule has 0 saturated carbocycles. The van der Waals surface area contributed by atoms with Crippen molar-refractivity contribution in [3.63, 3.8) is 0 Å². The summed E-state index contributed by atoms with van der Waals surface area (Å²) in [7, 11) is 2.02. The molecule has 0 aromatic heterocycles. The predicted molar refractivity (Wildman–Crippen MR) is 186 cm³/mol. The van der Waals surface area contributed by atoms with Gasteiger partial charge in [0.05, 0.1) is 5.70 Å². The minimum Gasteiger partial charge on any atom is -0.388 e. The molecule has 1 atom stereocenters. The van der Waals surface area contributed by atoms with Gasteiger partial charge in [-0.3, -0.25) is 4.99 Å². The van der Waals surface area contributed by atoms with Crippen molar-refractivity contribution >= 4 is 28.3 Å². The van der Waals surface area contributed by atoms with Crippen LogP contribution in [-0.2, 0) is 5.41 Å². The van der Waals surface area contributed by atoms with E-state index in [0.717, 1.165) is 35.4 Å². The third-order valence-corrected chi connectivity index (χ3v) is 8.62. The van der Waals surface area contributed by atoms with Gasteiger partial charge < -0.3 is 5.32 Å². The van der Waals surface area contributed by atoms with E-state index in [0.29, 0.717) is 0 Å². The number of rotatable bonds is 9. The number of benzene rings is 4. The Morgan fingerprint density at radius 3 is 2.28 bits per heavy atom. The summed E-state index contributed by atoms with van der Waals surface area (Å²) >= 11 is 0. The number of hydrogen-bond acceptors (Lipinski definition) is 2. The van der Waals surface area contributed by atoms with Gasteiger partial charge in [-0.15, -0.1) is 0 Å². The average molecular weight is 559 g/mol. The second-order valence-corrected chi connectivity index (χ2v) is 11.3. The first-order valence-electron chi connectivity index (χ1n) is 15.1. The maximum atomic E-state index is 4.32. The highest BCUT2D eigenvalue weighted by Crippen LogP contribution is 2.40. The number of aliphatic imine (C=N–C) groups is 1. The van der Waals surface area contributed by atoms with Crippen molar-refractivity contribution in [2.45, 2.75) is 32.1 Å². The topological polar surface area (TPSA) is 24.4 Å². The van der Waals surface area contributed by atoms with Crippen LogP contribution in [0.3, 0.4) is 0 Å². The van der Waals surface area contributed by atoms with Gasteiger partial charge in [-0.2, -0.15) is 0 Å². The molecule has 0 saturated heterocycles. The first-order chi connectivity index (χ1) is 21.1. The van der Waals surface area contributed by atoms with Gasteiger partial charge in [-0.25, -0.2) is 0 Å². The van der Waals surface area contributed by atoms with E-state index in [9.17, 15) is 0 Å². The van der Waals surface area contributed by atoms with Gasteiger partial charge in [0.15, 0.2) is 0 Å². The lowest BCUT2D eigenvalue weighted by atomic mass is 9.72. The summed E-state index contributed by atoms with van der Waals surface area (Å²) in [4.78, 5) is 4.32. The van der Waals surface area contributed by atoms with Gasteiger partial charge in [0, 0.05) is 24.4 Å². The Labute approximate surface area is 255 Å². The lowest BCUT2D eigenvalue weighted by Crippen LogP contribution is -2.25. The summed E-state index contributed by atoms with van der Waals surface area (Å²) in [5.74, 6) is 0. The number of nitrogens with zero attached hydrogens (tertiary/aromatic N) is 1. The Hall–Kier alpha value is -4.95. The molecule has 43 heavy (non-hydrogen) atoms. The van der Waals surface area contributed by atoms with Gasteiger partial charge in [0.2, 0.25) is 0 Å². The molecular weight excluding hydrogens is 520 g/mol. The number of fused-ring (bicyclic) bond motifs is 1. The molecule has 2 nitrogen and oxygen atoms in total. The third kappa shape index (κ3) is 5.87. The fourth-order valence-corrected chi connectivity index (χ4v) is 6.11. The van der Waals surface area contributed by atoms with Gasteiger partial charge in [0.1, 0.15) is 0 Å². The molecule has 0 spiro atoms. The smallest absolute Gasteiger partial charge is 0.0651 e. The summed E-state index contributed by atoms with van der Waals surface area (Å²) in [6, 6.07) is 33.2. The van der Waals surface area contributed by atoms with Crippen LogP contribution in [0.4, 0.5) is 0 Å². The molecule has 1 heterocycles. The Kier molecular flexibility index (Phi) is 8.20. The molecule has 4 aromatic rings. The highest BCUT2D eigenvalue weighted by molar-refractivity contribution is 5.96. The van der Waals surface area contributed by atoms with E-state index >= 15 is 0 Å². The number of allylic oxidation sites excluding steroid dienone is 10. The zero-order chi connectivity index (χ0) is 29.6. The summed E-state index contributed by atoms with van der Waals surface area (Å²) in [6.45, 7) is 4.41. The maximum Gasteiger partial charge on any atom is 0.0651 e. The Balaban J connectivity index is 1.37. The highest BCUT2D eigenvalue weighted by Gasteiger charge is 2.30. The summed E-state index contributed by atoms with van der Waals surface area (Å²) in [6.07, 6.45) is 21.5. The molecule has 2 heteroatoms. The van der Waals surface area contributed by atoms with Crippen molar-refractivity contribution in [3.05, 3.63) is 168 Å². The van der Waals surface area contributed by atoms with Crippen LogP contribution in [0, 0.1) is 0 Å². The molecule has 4 aromatic carbocycles. The van der Waals surface area contributed by atoms with E-state index in [2.05, 4.69) is 151 Å². The van der Waals surface area contributed by atoms with E-state index in [1.54, 1.807) is 0 Å². The zero-order valence-corrected chi connectivity index (χ0v) is 25.2. The zero-order valence-electron chi connectivity index (χ0n) is 25.2. The van der Waals surface area contributed by atoms with Crippen molar-refractivity contribution in [3.8, 4) is 11.1 Å². The van der Waals surface area contributed by atoms with Crippen LogP contribution < -0.4 is 5.32 Å². The molecule has 1 N–H and O–H groups in total. The van der Waals surface area contributed by atoms with Crippen LogP contribution >= 0.6 is 0 Å². The van der Waals surface area contributed by atoms with E-state index in [4.69, 9.17) is 0 Å². The first kappa shape index (κ1) is 28.2. The van der Waals surface area contributed by atoms with Crippen LogP contribution in [0.25, 0.3) is 33.2 Å². The molecule has 0 amide bonds. The number of nitrogens with one attached hydrogen (secondary N) is 1. The van der Waals surface area contributed by atoms with Gasteiger partial charge in [-0.1, -0.05) is 127 Å². The molecule has 0 bridgehead atoms. The molecule has 1 aliphatic carbocycles. The van der Waals surface area contributed by atoms with Crippen LogP contribution in [-0.4, -0.2) is 13.3 Å². The summed E-state index contributed by atoms with van der Waals surface area (Å²) < 4.78 is 0. The number of hydrogen-bond donors (Lipinski definition) is 1. The second kappa shape index (κ2) is 12.5. The molecule has 0 radical (unpaired) electrons. The molecule has 6 rings (SSSR count). The van der Waals surface area contributed by atoms with Crippen molar-refractivity contribution in [2.24, 2.45) is 4.99 Å². The van der Waals surface area contributed by atoms with Gasteiger partial charge in [-0.05, 0) is 89.1 Å². The van der Waals surface area contributed by atoms with Gasteiger partial charge in [0.25, 0.3) is 0 Å². The maximum absolute atomic E-state index is 4.32. The lowest BCUT2D eigenvalue weighted by Gasteiger charge is -2.33. The normalized spacial score (nSPS) is 16.5. The van der Waals surface area contributed by atoms with Gasteiger partial charge >= 0.3 is 0 Å². The van der Waals surface area contributed by atoms with Crippen molar-refractivity contribution in [1.82, 2.24) is 5.32 Å². The van der Waals surface area contributed by atoms with E-state index in [1.807, 2.05) is 26.3 Å². The molecule has 2 aliphatic rings. The predicted octanol–water partition coefficient (Wildman–Crippen LogP) is 10.2. The largest absolute Gasteiger partial charge is 0.388 e. The second-order valence-electron chi connectivity index (χ2n) is 11.3. The SMILES string of the molecule is C/C=C\C(=C/C1=CC=N1)c1ccc(/C(=C/C(C)(C2=CC=CCC2)c2ccc(-c3cccc4ccccc34)cc2)NC)cc1. The summed E-state index contributed by atoms with van der Waals surface area (Å²) in [5.41, 5.74) is 10.6. The quantitative estimate of drug-likeness (QED) is 0.203.